The molecule has 21 heavy (non-hydrogen) atoms. The second-order valence-corrected chi connectivity index (χ2v) is 5.91. The van der Waals surface area contributed by atoms with Gasteiger partial charge in [-0.05, 0) is 19.5 Å². The van der Waals surface area contributed by atoms with E-state index in [9.17, 15) is 0 Å². The van der Waals surface area contributed by atoms with Gasteiger partial charge in [-0.25, -0.2) is 0 Å². The molecular formula is C17H27N3O. The van der Waals surface area contributed by atoms with Crippen LogP contribution in [0.15, 0.2) is 24.3 Å². The van der Waals surface area contributed by atoms with E-state index in [0.717, 1.165) is 25.4 Å². The van der Waals surface area contributed by atoms with Crippen LogP contribution >= 0.6 is 0 Å². The Morgan fingerprint density at radius 1 is 1.19 bits per heavy atom. The van der Waals surface area contributed by atoms with Gasteiger partial charge in [0, 0.05) is 44.3 Å². The van der Waals surface area contributed by atoms with Gasteiger partial charge in [0.05, 0.1) is 12.6 Å². The molecule has 3 heterocycles. The zero-order valence-corrected chi connectivity index (χ0v) is 13.2. The fraction of sp³-hybridized carbons (Fsp3) is 0.647. The van der Waals surface area contributed by atoms with Crippen molar-refractivity contribution >= 4 is 0 Å². The molecule has 3 fully saturated rings. The summed E-state index contributed by atoms with van der Waals surface area (Å²) in [6, 6.07) is 9.40. The lowest BCUT2D eigenvalue weighted by Crippen LogP contribution is -2.64. The number of nitrogens with zero attached hydrogens (tertiary/aromatic N) is 2. The van der Waals surface area contributed by atoms with Crippen molar-refractivity contribution < 1.29 is 4.74 Å². The largest absolute Gasteiger partial charge is 0.494 e. The minimum atomic E-state index is 0.348. The maximum absolute atomic E-state index is 5.86. The SMILES string of the molecule is CCNC(c1ccccc1OCC)C1CN2CCN1CC2. The van der Waals surface area contributed by atoms with Crippen molar-refractivity contribution in [1.29, 1.82) is 0 Å². The highest BCUT2D eigenvalue weighted by molar-refractivity contribution is 5.37. The topological polar surface area (TPSA) is 27.7 Å². The number of fused-ring (bicyclic) bond motifs is 3. The van der Waals surface area contributed by atoms with Crippen molar-refractivity contribution in [3.05, 3.63) is 29.8 Å². The summed E-state index contributed by atoms with van der Waals surface area (Å²) in [5, 5.41) is 3.70. The second-order valence-electron chi connectivity index (χ2n) is 5.91. The molecule has 2 atom stereocenters. The van der Waals surface area contributed by atoms with Crippen LogP contribution < -0.4 is 10.1 Å². The molecule has 2 unspecified atom stereocenters. The molecule has 2 bridgehead atoms. The van der Waals surface area contributed by atoms with Crippen LogP contribution in [0, 0.1) is 0 Å². The van der Waals surface area contributed by atoms with Gasteiger partial charge in [-0.15, -0.1) is 0 Å². The fourth-order valence-corrected chi connectivity index (χ4v) is 3.67. The Balaban J connectivity index is 1.87. The van der Waals surface area contributed by atoms with E-state index >= 15 is 0 Å². The van der Waals surface area contributed by atoms with Gasteiger partial charge < -0.3 is 10.1 Å². The Labute approximate surface area is 128 Å². The molecule has 0 amide bonds. The van der Waals surface area contributed by atoms with E-state index in [-0.39, 0.29) is 0 Å². The van der Waals surface area contributed by atoms with Crippen molar-refractivity contribution in [2.45, 2.75) is 25.9 Å². The molecule has 0 spiro atoms. The summed E-state index contributed by atoms with van der Waals surface area (Å²) in [5.41, 5.74) is 1.31. The van der Waals surface area contributed by atoms with Crippen LogP contribution in [0.3, 0.4) is 0 Å². The van der Waals surface area contributed by atoms with Gasteiger partial charge in [0.25, 0.3) is 0 Å². The highest BCUT2D eigenvalue weighted by atomic mass is 16.5. The number of hydrogen-bond donors (Lipinski definition) is 1. The Hall–Kier alpha value is -1.10. The van der Waals surface area contributed by atoms with Gasteiger partial charge in [-0.2, -0.15) is 0 Å². The third kappa shape index (κ3) is 3.07. The summed E-state index contributed by atoms with van der Waals surface area (Å²) >= 11 is 0. The minimum absolute atomic E-state index is 0.348. The number of para-hydroxylation sites is 1. The maximum atomic E-state index is 5.86. The number of hydrogen-bond acceptors (Lipinski definition) is 4. The lowest BCUT2D eigenvalue weighted by molar-refractivity contribution is -0.00380. The van der Waals surface area contributed by atoms with E-state index in [2.05, 4.69) is 53.2 Å². The molecule has 0 saturated carbocycles. The normalized spacial score (nSPS) is 29.3. The lowest BCUT2D eigenvalue weighted by atomic mass is 9.93. The molecule has 0 radical (unpaired) electrons. The molecule has 4 nitrogen and oxygen atoms in total. The molecule has 1 aromatic rings. The summed E-state index contributed by atoms with van der Waals surface area (Å²) in [7, 11) is 0. The highest BCUT2D eigenvalue weighted by Gasteiger charge is 2.37. The summed E-state index contributed by atoms with van der Waals surface area (Å²) < 4.78 is 5.86. The number of likely N-dealkylation sites (N-methyl/N-ethyl adjacent to an activating group) is 1. The van der Waals surface area contributed by atoms with E-state index in [1.807, 2.05) is 0 Å². The van der Waals surface area contributed by atoms with E-state index in [1.165, 1.54) is 31.7 Å². The molecule has 0 aromatic heterocycles. The van der Waals surface area contributed by atoms with E-state index in [1.54, 1.807) is 0 Å². The molecule has 1 aromatic carbocycles. The predicted octanol–water partition coefficient (Wildman–Crippen LogP) is 1.74. The first-order valence-corrected chi connectivity index (χ1v) is 8.25. The highest BCUT2D eigenvalue weighted by Crippen LogP contribution is 2.32. The Bertz CT molecular complexity index is 457. The third-order valence-electron chi connectivity index (χ3n) is 4.68. The molecule has 3 saturated heterocycles. The maximum Gasteiger partial charge on any atom is 0.124 e. The quantitative estimate of drug-likeness (QED) is 0.863. The number of piperazine rings is 3. The molecule has 3 aliphatic rings. The Morgan fingerprint density at radius 2 is 1.95 bits per heavy atom. The third-order valence-corrected chi connectivity index (χ3v) is 4.68. The average molecular weight is 289 g/mol. The molecule has 3 aliphatic heterocycles. The summed E-state index contributed by atoms with van der Waals surface area (Å²) in [4.78, 5) is 5.24. The van der Waals surface area contributed by atoms with Gasteiger partial charge in [0.1, 0.15) is 5.75 Å². The smallest absolute Gasteiger partial charge is 0.124 e. The molecule has 0 aliphatic carbocycles. The van der Waals surface area contributed by atoms with Crippen molar-refractivity contribution in [2.75, 3.05) is 45.9 Å². The zero-order chi connectivity index (χ0) is 14.7. The first kappa shape index (κ1) is 14.8. The predicted molar refractivity (Wildman–Crippen MR) is 85.8 cm³/mol. The van der Waals surface area contributed by atoms with Crippen LogP contribution in [-0.2, 0) is 0 Å². The first-order chi connectivity index (χ1) is 10.3. The van der Waals surface area contributed by atoms with Crippen LogP contribution in [0.4, 0.5) is 0 Å². The summed E-state index contributed by atoms with van der Waals surface area (Å²) in [6.45, 7) is 11.9. The van der Waals surface area contributed by atoms with Crippen LogP contribution in [-0.4, -0.2) is 61.7 Å². The van der Waals surface area contributed by atoms with Gasteiger partial charge in [0.15, 0.2) is 0 Å². The minimum Gasteiger partial charge on any atom is -0.494 e. The van der Waals surface area contributed by atoms with Crippen molar-refractivity contribution in [3.8, 4) is 5.75 Å². The van der Waals surface area contributed by atoms with Gasteiger partial charge in [-0.3, -0.25) is 9.80 Å². The molecular weight excluding hydrogens is 262 g/mol. The Kier molecular flexibility index (Phi) is 4.78. The first-order valence-electron chi connectivity index (χ1n) is 8.25. The summed E-state index contributed by atoms with van der Waals surface area (Å²) in [6.07, 6.45) is 0. The van der Waals surface area contributed by atoms with Gasteiger partial charge in [-0.1, -0.05) is 25.1 Å². The summed E-state index contributed by atoms with van der Waals surface area (Å²) in [5.74, 6) is 1.03. The van der Waals surface area contributed by atoms with Crippen LogP contribution in [0.5, 0.6) is 5.75 Å². The fourth-order valence-electron chi connectivity index (χ4n) is 3.67. The van der Waals surface area contributed by atoms with Crippen molar-refractivity contribution in [2.24, 2.45) is 0 Å². The lowest BCUT2D eigenvalue weighted by Gasteiger charge is -2.50. The zero-order valence-electron chi connectivity index (χ0n) is 13.2. The van der Waals surface area contributed by atoms with E-state index in [4.69, 9.17) is 4.74 Å². The van der Waals surface area contributed by atoms with Gasteiger partial charge >= 0.3 is 0 Å². The number of benzene rings is 1. The second kappa shape index (κ2) is 6.77. The number of ether oxygens (including phenoxy) is 1. The van der Waals surface area contributed by atoms with Crippen LogP contribution in [0.1, 0.15) is 25.5 Å². The van der Waals surface area contributed by atoms with E-state index < -0.39 is 0 Å². The molecule has 116 valence electrons. The Morgan fingerprint density at radius 3 is 2.57 bits per heavy atom. The standard InChI is InChI=1S/C17H27N3O/c1-3-18-17(14-7-5-6-8-16(14)21-4-2)15-13-19-9-11-20(15)12-10-19/h5-8,15,17-18H,3-4,9-13H2,1-2H3. The number of nitrogens with one attached hydrogen (secondary N) is 1. The average Bonchev–Trinajstić information content (AvgIpc) is 2.55. The van der Waals surface area contributed by atoms with E-state index in [0.29, 0.717) is 12.1 Å². The molecule has 1 N–H and O–H groups in total. The van der Waals surface area contributed by atoms with Crippen molar-refractivity contribution in [3.63, 3.8) is 0 Å². The number of rotatable bonds is 6. The van der Waals surface area contributed by atoms with Crippen LogP contribution in [0.2, 0.25) is 0 Å². The molecule has 4 heteroatoms. The van der Waals surface area contributed by atoms with Gasteiger partial charge in [0.2, 0.25) is 0 Å². The van der Waals surface area contributed by atoms with Crippen LogP contribution in [0.25, 0.3) is 0 Å². The monoisotopic (exact) mass is 289 g/mol. The molecule has 4 rings (SSSR count). The van der Waals surface area contributed by atoms with Crippen molar-refractivity contribution in [1.82, 2.24) is 15.1 Å².